The number of nitrogens with zero attached hydrogens (tertiary/aromatic N) is 1. The number of benzene rings is 1. The molecule has 0 fully saturated rings. The fraction of sp³-hybridized carbons (Fsp3) is 0.154. The van der Waals surface area contributed by atoms with E-state index in [1.165, 1.54) is 0 Å². The Kier molecular flexibility index (Phi) is 3.99. The number of hydrogen-bond acceptors (Lipinski definition) is 2. The van der Waals surface area contributed by atoms with E-state index in [0.29, 0.717) is 6.07 Å². The zero-order chi connectivity index (χ0) is 16.5. The van der Waals surface area contributed by atoms with Gasteiger partial charge in [0.2, 0.25) is 5.95 Å². The second kappa shape index (κ2) is 5.47. The highest BCUT2D eigenvalue weighted by atomic mass is 19.4. The number of alkyl halides is 6. The van der Waals surface area contributed by atoms with Crippen molar-refractivity contribution in [2.24, 2.45) is 0 Å². The monoisotopic (exact) mass is 325 g/mol. The Hall–Kier alpha value is -2.32. The minimum atomic E-state index is -4.98. The van der Waals surface area contributed by atoms with Gasteiger partial charge in [0.1, 0.15) is 5.75 Å². The maximum atomic E-state index is 12.9. The van der Waals surface area contributed by atoms with E-state index in [1.54, 1.807) is 0 Å². The zero-order valence-electron chi connectivity index (χ0n) is 10.5. The first-order valence-corrected chi connectivity index (χ1v) is 5.66. The van der Waals surface area contributed by atoms with Crippen LogP contribution in [0, 0.1) is 5.95 Å². The summed E-state index contributed by atoms with van der Waals surface area (Å²) in [5.74, 6) is -2.04. The Morgan fingerprint density at radius 2 is 1.59 bits per heavy atom. The van der Waals surface area contributed by atoms with Crippen molar-refractivity contribution in [2.75, 3.05) is 0 Å². The predicted molar refractivity (Wildman–Crippen MR) is 61.3 cm³/mol. The van der Waals surface area contributed by atoms with Crippen LogP contribution in [-0.4, -0.2) is 11.3 Å². The molecule has 9 heteroatoms. The van der Waals surface area contributed by atoms with Crippen LogP contribution in [0.3, 0.4) is 0 Å². The lowest BCUT2D eigenvalue weighted by molar-refractivity contribution is -0.274. The van der Waals surface area contributed by atoms with Crippen molar-refractivity contribution in [1.29, 1.82) is 0 Å². The van der Waals surface area contributed by atoms with Crippen molar-refractivity contribution in [2.45, 2.75) is 12.5 Å². The molecule has 2 nitrogen and oxygen atoms in total. The Bertz CT molecular complexity index is 679. The van der Waals surface area contributed by atoms with Crippen molar-refractivity contribution in [3.8, 4) is 16.9 Å². The summed E-state index contributed by atoms with van der Waals surface area (Å²) in [4.78, 5) is 2.77. The molecule has 0 atom stereocenters. The molecule has 0 unspecified atom stereocenters. The predicted octanol–water partition coefficient (Wildman–Crippen LogP) is 4.81. The molecule has 0 N–H and O–H groups in total. The van der Waals surface area contributed by atoms with E-state index in [2.05, 4.69) is 9.72 Å². The molecule has 0 bridgehead atoms. The van der Waals surface area contributed by atoms with Crippen LogP contribution in [0.15, 0.2) is 36.4 Å². The summed E-state index contributed by atoms with van der Waals surface area (Å²) >= 11 is 0. The van der Waals surface area contributed by atoms with Gasteiger partial charge in [-0.25, -0.2) is 4.98 Å². The van der Waals surface area contributed by atoms with E-state index in [-0.39, 0.29) is 5.56 Å². The highest BCUT2D eigenvalue weighted by molar-refractivity contribution is 5.67. The molecule has 22 heavy (non-hydrogen) atoms. The Morgan fingerprint density at radius 1 is 0.909 bits per heavy atom. The lowest BCUT2D eigenvalue weighted by atomic mass is 10.0. The summed E-state index contributed by atoms with van der Waals surface area (Å²) in [6, 6.07) is 5.38. The molecule has 118 valence electrons. The van der Waals surface area contributed by atoms with E-state index in [0.717, 1.165) is 30.3 Å². The molecule has 1 heterocycles. The van der Waals surface area contributed by atoms with Gasteiger partial charge in [-0.2, -0.15) is 17.6 Å². The zero-order valence-corrected chi connectivity index (χ0v) is 10.5. The number of hydrogen-bond donors (Lipinski definition) is 0. The van der Waals surface area contributed by atoms with Gasteiger partial charge in [0, 0.05) is 5.56 Å². The van der Waals surface area contributed by atoms with Crippen LogP contribution in [-0.2, 0) is 6.18 Å². The van der Waals surface area contributed by atoms with E-state index in [9.17, 15) is 30.7 Å². The van der Waals surface area contributed by atoms with Crippen LogP contribution < -0.4 is 4.74 Å². The molecule has 0 saturated heterocycles. The van der Waals surface area contributed by atoms with Crippen molar-refractivity contribution in [3.63, 3.8) is 0 Å². The molecular formula is C13H6F7NO. The lowest BCUT2D eigenvalue weighted by Crippen LogP contribution is -2.17. The van der Waals surface area contributed by atoms with Gasteiger partial charge >= 0.3 is 12.5 Å². The minimum absolute atomic E-state index is 0.235. The maximum Gasteiger partial charge on any atom is 0.573 e. The number of ether oxygens (including phenoxy) is 1. The third kappa shape index (κ3) is 3.86. The molecule has 0 amide bonds. The minimum Gasteiger partial charge on any atom is -0.406 e. The SMILES string of the molecule is Fc1ccc(-c2cccc(OC(F)(F)F)c2)c(C(F)(F)F)n1. The topological polar surface area (TPSA) is 22.1 Å². The third-order valence-corrected chi connectivity index (χ3v) is 2.51. The number of pyridine rings is 1. The first-order chi connectivity index (χ1) is 10.1. The summed E-state index contributed by atoms with van der Waals surface area (Å²) in [6.07, 6.45) is -9.94. The largest absolute Gasteiger partial charge is 0.573 e. The smallest absolute Gasteiger partial charge is 0.406 e. The van der Waals surface area contributed by atoms with Crippen molar-refractivity contribution < 1.29 is 35.5 Å². The summed E-state index contributed by atoms with van der Waals surface area (Å²) in [5, 5.41) is 0. The van der Waals surface area contributed by atoms with E-state index in [1.807, 2.05) is 0 Å². The van der Waals surface area contributed by atoms with Crippen LogP contribution in [0.4, 0.5) is 30.7 Å². The average molecular weight is 325 g/mol. The molecule has 1 aromatic carbocycles. The molecule has 2 aromatic rings. The van der Waals surface area contributed by atoms with Gasteiger partial charge in [0.25, 0.3) is 0 Å². The average Bonchev–Trinajstić information content (AvgIpc) is 2.36. The highest BCUT2D eigenvalue weighted by Crippen LogP contribution is 2.37. The Labute approximate surface area is 119 Å². The third-order valence-electron chi connectivity index (χ3n) is 2.51. The molecule has 0 spiro atoms. The molecule has 0 aliphatic rings. The summed E-state index contributed by atoms with van der Waals surface area (Å²) in [5.41, 5.74) is -2.32. The fourth-order valence-corrected chi connectivity index (χ4v) is 1.75. The van der Waals surface area contributed by atoms with Crippen LogP contribution in [0.1, 0.15) is 5.69 Å². The van der Waals surface area contributed by atoms with E-state index < -0.39 is 35.5 Å². The van der Waals surface area contributed by atoms with Crippen LogP contribution in [0.5, 0.6) is 5.75 Å². The lowest BCUT2D eigenvalue weighted by Gasteiger charge is -2.13. The molecule has 0 radical (unpaired) electrons. The van der Waals surface area contributed by atoms with E-state index >= 15 is 0 Å². The number of aromatic nitrogens is 1. The van der Waals surface area contributed by atoms with Crippen LogP contribution in [0.2, 0.25) is 0 Å². The molecular weight excluding hydrogens is 319 g/mol. The quantitative estimate of drug-likeness (QED) is 0.584. The molecule has 2 rings (SSSR count). The molecule has 0 saturated carbocycles. The summed E-state index contributed by atoms with van der Waals surface area (Å²) < 4.78 is 91.5. The Balaban J connectivity index is 2.51. The fourth-order valence-electron chi connectivity index (χ4n) is 1.75. The van der Waals surface area contributed by atoms with Crippen molar-refractivity contribution >= 4 is 0 Å². The second-order valence-electron chi connectivity index (χ2n) is 4.10. The first-order valence-electron chi connectivity index (χ1n) is 5.66. The molecule has 1 aromatic heterocycles. The standard InChI is InChI=1S/C13H6F7NO/c14-10-5-4-9(11(21-10)12(15,16)17)7-2-1-3-8(6-7)22-13(18,19)20/h1-6H. The van der Waals surface area contributed by atoms with Gasteiger partial charge in [0.15, 0.2) is 5.69 Å². The van der Waals surface area contributed by atoms with Gasteiger partial charge in [-0.05, 0) is 29.8 Å². The van der Waals surface area contributed by atoms with Crippen molar-refractivity contribution in [1.82, 2.24) is 4.98 Å². The number of rotatable bonds is 2. The normalized spacial score (nSPS) is 12.3. The van der Waals surface area contributed by atoms with Gasteiger partial charge < -0.3 is 4.74 Å². The van der Waals surface area contributed by atoms with Crippen LogP contribution >= 0.6 is 0 Å². The Morgan fingerprint density at radius 3 is 2.18 bits per heavy atom. The van der Waals surface area contributed by atoms with Crippen LogP contribution in [0.25, 0.3) is 11.1 Å². The first kappa shape index (κ1) is 16.1. The van der Waals surface area contributed by atoms with Gasteiger partial charge in [-0.3, -0.25) is 0 Å². The number of halogens is 7. The van der Waals surface area contributed by atoms with E-state index in [4.69, 9.17) is 0 Å². The molecule has 0 aliphatic heterocycles. The summed E-state index contributed by atoms with van der Waals surface area (Å²) in [6.45, 7) is 0. The summed E-state index contributed by atoms with van der Waals surface area (Å²) in [7, 11) is 0. The highest BCUT2D eigenvalue weighted by Gasteiger charge is 2.36. The van der Waals surface area contributed by atoms with Gasteiger partial charge in [0.05, 0.1) is 0 Å². The van der Waals surface area contributed by atoms with Gasteiger partial charge in [-0.15, -0.1) is 13.2 Å². The molecule has 0 aliphatic carbocycles. The second-order valence-corrected chi connectivity index (χ2v) is 4.10. The van der Waals surface area contributed by atoms with Gasteiger partial charge in [-0.1, -0.05) is 12.1 Å². The van der Waals surface area contributed by atoms with Crippen molar-refractivity contribution in [3.05, 3.63) is 48.0 Å². The maximum absolute atomic E-state index is 12.9.